The first-order chi connectivity index (χ1) is 11.5. The highest BCUT2D eigenvalue weighted by atomic mass is 16.3. The fourth-order valence-corrected chi connectivity index (χ4v) is 4.47. The van der Waals surface area contributed by atoms with E-state index in [0.29, 0.717) is 18.2 Å². The summed E-state index contributed by atoms with van der Waals surface area (Å²) in [7, 11) is 0. The van der Waals surface area contributed by atoms with Gasteiger partial charge in [-0.25, -0.2) is 0 Å². The van der Waals surface area contributed by atoms with Crippen LogP contribution in [0.15, 0.2) is 23.1 Å². The molecule has 2 N–H and O–H groups in total. The third-order valence-electron chi connectivity index (χ3n) is 5.50. The number of carbonyl (C=O) groups is 1. The maximum atomic E-state index is 13.0. The quantitative estimate of drug-likeness (QED) is 0.844. The Labute approximate surface area is 140 Å². The minimum absolute atomic E-state index is 0.0561. The summed E-state index contributed by atoms with van der Waals surface area (Å²) >= 11 is 0. The zero-order valence-electron chi connectivity index (χ0n) is 14.0. The molecular formula is C19H22N2O3. The summed E-state index contributed by atoms with van der Waals surface area (Å²) in [5, 5.41) is 10.5. The Kier molecular flexibility index (Phi) is 3.49. The molecule has 1 amide bonds. The highest BCUT2D eigenvalue weighted by molar-refractivity contribution is 5.98. The molecule has 2 aromatic rings. The van der Waals surface area contributed by atoms with Crippen molar-refractivity contribution in [1.82, 2.24) is 9.88 Å². The van der Waals surface area contributed by atoms with Crippen LogP contribution in [0.25, 0.3) is 10.9 Å². The second kappa shape index (κ2) is 5.45. The number of aliphatic hydroxyl groups is 1. The standard InChI is InChI=1S/C19H22N2O3/c1-10-5-11(2)17-15(6-10)18(23)16(9-20-17)19(24)21-12-3-4-13(21)8-14(22)7-12/h5-6,9,12-14,22H,3-4,7-8H2,1-2H3,(H,20,23). The molecular weight excluding hydrogens is 304 g/mol. The summed E-state index contributed by atoms with van der Waals surface area (Å²) in [6.07, 6.45) is 4.29. The number of aryl methyl sites for hydroxylation is 2. The molecule has 2 aliphatic heterocycles. The number of aromatic amines is 1. The van der Waals surface area contributed by atoms with Crippen molar-refractivity contribution in [2.45, 2.75) is 57.7 Å². The van der Waals surface area contributed by atoms with Crippen LogP contribution in [0.4, 0.5) is 0 Å². The number of H-pyrrole nitrogens is 1. The molecule has 24 heavy (non-hydrogen) atoms. The Hall–Kier alpha value is -2.14. The molecule has 2 unspecified atom stereocenters. The van der Waals surface area contributed by atoms with Gasteiger partial charge in [-0.05, 0) is 56.7 Å². The number of amides is 1. The molecule has 2 bridgehead atoms. The number of rotatable bonds is 1. The fourth-order valence-electron chi connectivity index (χ4n) is 4.47. The number of aliphatic hydroxyl groups excluding tert-OH is 1. The summed E-state index contributed by atoms with van der Waals surface area (Å²) in [4.78, 5) is 30.9. The lowest BCUT2D eigenvalue weighted by atomic mass is 9.98. The number of hydrogen-bond acceptors (Lipinski definition) is 3. The predicted molar refractivity (Wildman–Crippen MR) is 92.3 cm³/mol. The zero-order chi connectivity index (χ0) is 17.0. The third kappa shape index (κ3) is 2.26. The van der Waals surface area contributed by atoms with Gasteiger partial charge in [-0.15, -0.1) is 0 Å². The number of nitrogens with one attached hydrogen (secondary N) is 1. The van der Waals surface area contributed by atoms with Crippen LogP contribution in [0.5, 0.6) is 0 Å². The molecule has 0 radical (unpaired) electrons. The summed E-state index contributed by atoms with van der Waals surface area (Å²) in [5.74, 6) is -0.197. The summed E-state index contributed by atoms with van der Waals surface area (Å²) < 4.78 is 0. The van der Waals surface area contributed by atoms with Gasteiger partial charge >= 0.3 is 0 Å². The maximum absolute atomic E-state index is 13.0. The second-order valence-electron chi connectivity index (χ2n) is 7.26. The van der Waals surface area contributed by atoms with Crippen LogP contribution in [0.2, 0.25) is 0 Å². The first kappa shape index (κ1) is 15.4. The van der Waals surface area contributed by atoms with Crippen molar-refractivity contribution in [2.24, 2.45) is 0 Å². The van der Waals surface area contributed by atoms with Crippen molar-refractivity contribution in [2.75, 3.05) is 0 Å². The highest BCUT2D eigenvalue weighted by Crippen LogP contribution is 2.36. The molecule has 0 spiro atoms. The molecule has 2 fully saturated rings. The summed E-state index contributed by atoms with van der Waals surface area (Å²) in [6.45, 7) is 3.91. The Morgan fingerprint density at radius 3 is 2.54 bits per heavy atom. The van der Waals surface area contributed by atoms with Gasteiger partial charge in [0, 0.05) is 23.7 Å². The highest BCUT2D eigenvalue weighted by Gasteiger charge is 2.43. The van der Waals surface area contributed by atoms with Crippen molar-refractivity contribution >= 4 is 16.8 Å². The van der Waals surface area contributed by atoms with Gasteiger partial charge in [0.1, 0.15) is 5.56 Å². The molecule has 1 aromatic heterocycles. The Bertz CT molecular complexity index is 872. The monoisotopic (exact) mass is 326 g/mol. The van der Waals surface area contributed by atoms with Crippen molar-refractivity contribution in [1.29, 1.82) is 0 Å². The van der Waals surface area contributed by atoms with E-state index >= 15 is 0 Å². The van der Waals surface area contributed by atoms with E-state index in [1.165, 1.54) is 0 Å². The zero-order valence-corrected chi connectivity index (χ0v) is 14.0. The van der Waals surface area contributed by atoms with Gasteiger partial charge in [0.15, 0.2) is 0 Å². The van der Waals surface area contributed by atoms with Crippen LogP contribution in [-0.4, -0.2) is 39.1 Å². The minimum Gasteiger partial charge on any atom is -0.393 e. The summed E-state index contributed by atoms with van der Waals surface area (Å²) in [5.41, 5.74) is 2.81. The molecule has 0 saturated carbocycles. The van der Waals surface area contributed by atoms with Gasteiger partial charge in [0.25, 0.3) is 5.91 Å². The Balaban J connectivity index is 1.79. The van der Waals surface area contributed by atoms with Gasteiger partial charge in [-0.3, -0.25) is 9.59 Å². The fraction of sp³-hybridized carbons (Fsp3) is 0.474. The number of hydrogen-bond donors (Lipinski definition) is 2. The van der Waals surface area contributed by atoms with E-state index in [9.17, 15) is 14.7 Å². The average Bonchev–Trinajstić information content (AvgIpc) is 2.79. The van der Waals surface area contributed by atoms with E-state index in [2.05, 4.69) is 4.98 Å². The second-order valence-corrected chi connectivity index (χ2v) is 7.26. The van der Waals surface area contributed by atoms with Crippen molar-refractivity contribution in [3.05, 3.63) is 45.2 Å². The van der Waals surface area contributed by atoms with Crippen LogP contribution in [0.3, 0.4) is 0 Å². The number of fused-ring (bicyclic) bond motifs is 3. The molecule has 4 rings (SSSR count). The molecule has 1 aromatic carbocycles. The lowest BCUT2D eigenvalue weighted by Gasteiger charge is -2.37. The number of piperidine rings is 1. The molecule has 5 heteroatoms. The normalized spacial score (nSPS) is 26.1. The van der Waals surface area contributed by atoms with E-state index in [1.54, 1.807) is 6.20 Å². The van der Waals surface area contributed by atoms with Gasteiger partial charge in [0.2, 0.25) is 5.43 Å². The molecule has 3 heterocycles. The Morgan fingerprint density at radius 1 is 1.21 bits per heavy atom. The molecule has 2 atom stereocenters. The van der Waals surface area contributed by atoms with Gasteiger partial charge in [-0.1, -0.05) is 6.07 Å². The van der Waals surface area contributed by atoms with Crippen molar-refractivity contribution in [3.8, 4) is 0 Å². The predicted octanol–water partition coefficient (Wildman–Crippen LogP) is 2.27. The number of aromatic nitrogens is 1. The SMILES string of the molecule is Cc1cc(C)c2[nH]cc(C(=O)N3C4CCC3CC(O)C4)c(=O)c2c1. The maximum Gasteiger partial charge on any atom is 0.259 e. The molecule has 5 nitrogen and oxygen atoms in total. The van der Waals surface area contributed by atoms with Gasteiger partial charge < -0.3 is 15.0 Å². The van der Waals surface area contributed by atoms with Crippen molar-refractivity contribution < 1.29 is 9.90 Å². The first-order valence-corrected chi connectivity index (χ1v) is 8.59. The van der Waals surface area contributed by atoms with E-state index < -0.39 is 0 Å². The van der Waals surface area contributed by atoms with Crippen molar-refractivity contribution in [3.63, 3.8) is 0 Å². The van der Waals surface area contributed by atoms with E-state index in [0.717, 1.165) is 29.5 Å². The minimum atomic E-state index is -0.327. The van der Waals surface area contributed by atoms with E-state index in [1.807, 2.05) is 30.9 Å². The first-order valence-electron chi connectivity index (χ1n) is 8.59. The molecule has 126 valence electrons. The largest absolute Gasteiger partial charge is 0.393 e. The van der Waals surface area contributed by atoms with E-state index in [4.69, 9.17) is 0 Å². The number of carbonyl (C=O) groups excluding carboxylic acids is 1. The van der Waals surface area contributed by atoms with Crippen LogP contribution in [0, 0.1) is 13.8 Å². The van der Waals surface area contributed by atoms with Crippen LogP contribution in [-0.2, 0) is 0 Å². The lowest BCUT2D eigenvalue weighted by Crippen LogP contribution is -2.49. The van der Waals surface area contributed by atoms with Crippen LogP contribution >= 0.6 is 0 Å². The third-order valence-corrected chi connectivity index (χ3v) is 5.50. The smallest absolute Gasteiger partial charge is 0.259 e. The Morgan fingerprint density at radius 2 is 1.88 bits per heavy atom. The molecule has 2 aliphatic rings. The molecule has 2 saturated heterocycles. The lowest BCUT2D eigenvalue weighted by molar-refractivity contribution is 0.0286. The number of pyridine rings is 1. The van der Waals surface area contributed by atoms with Gasteiger partial charge in [0.05, 0.1) is 11.6 Å². The van der Waals surface area contributed by atoms with Crippen LogP contribution in [0.1, 0.15) is 47.2 Å². The van der Waals surface area contributed by atoms with Crippen LogP contribution < -0.4 is 5.43 Å². The average molecular weight is 326 g/mol. The van der Waals surface area contributed by atoms with Gasteiger partial charge in [-0.2, -0.15) is 0 Å². The topological polar surface area (TPSA) is 73.4 Å². The number of benzene rings is 1. The summed E-state index contributed by atoms with van der Waals surface area (Å²) in [6, 6.07) is 3.97. The molecule has 0 aliphatic carbocycles. The number of nitrogens with zero attached hydrogens (tertiary/aromatic N) is 1. The van der Waals surface area contributed by atoms with E-state index in [-0.39, 0.29) is 35.1 Å².